The lowest BCUT2D eigenvalue weighted by Crippen LogP contribution is -2.19. The summed E-state index contributed by atoms with van der Waals surface area (Å²) in [6, 6.07) is 4.31. The third kappa shape index (κ3) is 3.01. The summed E-state index contributed by atoms with van der Waals surface area (Å²) in [6.07, 6.45) is 4.66. The minimum atomic E-state index is 0.900. The summed E-state index contributed by atoms with van der Waals surface area (Å²) in [5, 5.41) is 3.13. The van der Waals surface area contributed by atoms with Crippen LogP contribution in [0.1, 0.15) is 24.1 Å². The van der Waals surface area contributed by atoms with Crippen LogP contribution in [0, 0.1) is 0 Å². The maximum absolute atomic E-state index is 4.48. The van der Waals surface area contributed by atoms with E-state index >= 15 is 0 Å². The summed E-state index contributed by atoms with van der Waals surface area (Å²) >= 11 is 0. The Morgan fingerprint density at radius 2 is 2.13 bits per heavy atom. The lowest BCUT2D eigenvalue weighted by molar-refractivity contribution is 0.327. The lowest BCUT2D eigenvalue weighted by Gasteiger charge is -2.13. The molecule has 1 aliphatic rings. The molecule has 0 amide bonds. The fourth-order valence-corrected chi connectivity index (χ4v) is 2.03. The second-order valence-corrected chi connectivity index (χ2v) is 4.17. The van der Waals surface area contributed by atoms with Gasteiger partial charge in [0, 0.05) is 19.3 Å². The molecule has 0 saturated carbocycles. The van der Waals surface area contributed by atoms with Crippen LogP contribution in [0.2, 0.25) is 0 Å². The van der Waals surface area contributed by atoms with Gasteiger partial charge in [-0.2, -0.15) is 0 Å². The first-order valence-corrected chi connectivity index (χ1v) is 5.69. The highest BCUT2D eigenvalue weighted by Gasteiger charge is 2.11. The second kappa shape index (κ2) is 5.24. The highest BCUT2D eigenvalue weighted by atomic mass is 15.1. The maximum atomic E-state index is 4.48. The normalized spacial score (nSPS) is 17.1. The molecule has 1 N–H and O–H groups in total. The fourth-order valence-electron chi connectivity index (χ4n) is 2.03. The molecule has 1 aliphatic heterocycles. The number of hydrogen-bond donors (Lipinski definition) is 1. The molecule has 82 valence electrons. The quantitative estimate of drug-likeness (QED) is 0.805. The minimum absolute atomic E-state index is 0.900. The van der Waals surface area contributed by atoms with Crippen LogP contribution in [-0.4, -0.2) is 30.0 Å². The number of aromatic nitrogens is 1. The van der Waals surface area contributed by atoms with Crippen molar-refractivity contribution in [1.29, 1.82) is 0 Å². The molecule has 1 fully saturated rings. The van der Waals surface area contributed by atoms with Crippen molar-refractivity contribution >= 4 is 0 Å². The number of nitrogens with zero attached hydrogens (tertiary/aromatic N) is 2. The predicted octanol–water partition coefficient (Wildman–Crippen LogP) is 1.40. The molecule has 1 saturated heterocycles. The Labute approximate surface area is 91.5 Å². The van der Waals surface area contributed by atoms with Gasteiger partial charge in [-0.3, -0.25) is 9.88 Å². The van der Waals surface area contributed by atoms with Crippen molar-refractivity contribution in [2.24, 2.45) is 0 Å². The van der Waals surface area contributed by atoms with E-state index in [9.17, 15) is 0 Å². The number of pyridine rings is 1. The van der Waals surface area contributed by atoms with E-state index in [1.54, 1.807) is 0 Å². The number of rotatable bonds is 4. The molecule has 1 aromatic heterocycles. The molecular formula is C12H19N3. The average Bonchev–Trinajstić information content (AvgIpc) is 2.74. The van der Waals surface area contributed by atoms with Gasteiger partial charge in [-0.25, -0.2) is 0 Å². The van der Waals surface area contributed by atoms with Crippen molar-refractivity contribution in [2.75, 3.05) is 20.1 Å². The molecule has 2 heterocycles. The SMILES string of the molecule is CNCc1ccc(CN2CCCC2)nc1. The van der Waals surface area contributed by atoms with Crippen molar-refractivity contribution in [2.45, 2.75) is 25.9 Å². The highest BCUT2D eigenvalue weighted by Crippen LogP contribution is 2.11. The summed E-state index contributed by atoms with van der Waals surface area (Å²) in [6.45, 7) is 4.39. The van der Waals surface area contributed by atoms with E-state index in [4.69, 9.17) is 0 Å². The average molecular weight is 205 g/mol. The molecule has 0 bridgehead atoms. The molecule has 0 radical (unpaired) electrons. The molecular weight excluding hydrogens is 186 g/mol. The topological polar surface area (TPSA) is 28.2 Å². The Morgan fingerprint density at radius 3 is 2.73 bits per heavy atom. The van der Waals surface area contributed by atoms with Crippen LogP contribution >= 0.6 is 0 Å². The molecule has 15 heavy (non-hydrogen) atoms. The van der Waals surface area contributed by atoms with E-state index in [-0.39, 0.29) is 0 Å². The fraction of sp³-hybridized carbons (Fsp3) is 0.583. The van der Waals surface area contributed by atoms with Gasteiger partial charge < -0.3 is 5.32 Å². The highest BCUT2D eigenvalue weighted by molar-refractivity contribution is 5.13. The first-order chi connectivity index (χ1) is 7.38. The first kappa shape index (κ1) is 10.6. The Bertz CT molecular complexity index is 288. The summed E-state index contributed by atoms with van der Waals surface area (Å²) in [7, 11) is 1.96. The third-order valence-electron chi connectivity index (χ3n) is 2.85. The van der Waals surface area contributed by atoms with Crippen LogP contribution in [0.4, 0.5) is 0 Å². The minimum Gasteiger partial charge on any atom is -0.316 e. The van der Waals surface area contributed by atoms with E-state index in [0.717, 1.165) is 13.1 Å². The van der Waals surface area contributed by atoms with Gasteiger partial charge in [-0.05, 0) is 44.6 Å². The van der Waals surface area contributed by atoms with E-state index in [0.29, 0.717) is 0 Å². The smallest absolute Gasteiger partial charge is 0.0544 e. The van der Waals surface area contributed by atoms with Crippen LogP contribution in [0.15, 0.2) is 18.3 Å². The maximum Gasteiger partial charge on any atom is 0.0544 e. The van der Waals surface area contributed by atoms with Gasteiger partial charge in [0.1, 0.15) is 0 Å². The molecule has 1 aromatic rings. The molecule has 3 nitrogen and oxygen atoms in total. The van der Waals surface area contributed by atoms with Gasteiger partial charge in [0.25, 0.3) is 0 Å². The number of nitrogens with one attached hydrogen (secondary N) is 1. The van der Waals surface area contributed by atoms with E-state index in [2.05, 4.69) is 27.3 Å². The van der Waals surface area contributed by atoms with Crippen molar-refractivity contribution < 1.29 is 0 Å². The number of hydrogen-bond acceptors (Lipinski definition) is 3. The van der Waals surface area contributed by atoms with Gasteiger partial charge in [0.2, 0.25) is 0 Å². The Kier molecular flexibility index (Phi) is 3.69. The Hall–Kier alpha value is -0.930. The summed E-state index contributed by atoms with van der Waals surface area (Å²) in [4.78, 5) is 6.95. The van der Waals surface area contributed by atoms with E-state index in [1.165, 1.54) is 37.2 Å². The van der Waals surface area contributed by atoms with Gasteiger partial charge in [-0.15, -0.1) is 0 Å². The van der Waals surface area contributed by atoms with Crippen LogP contribution < -0.4 is 5.32 Å². The zero-order valence-electron chi connectivity index (χ0n) is 9.37. The predicted molar refractivity (Wildman–Crippen MR) is 61.5 cm³/mol. The molecule has 0 unspecified atom stereocenters. The molecule has 0 aliphatic carbocycles. The zero-order valence-corrected chi connectivity index (χ0v) is 9.37. The van der Waals surface area contributed by atoms with Crippen LogP contribution in [-0.2, 0) is 13.1 Å². The summed E-state index contributed by atoms with van der Waals surface area (Å²) in [5.41, 5.74) is 2.44. The van der Waals surface area contributed by atoms with Gasteiger partial charge in [0.15, 0.2) is 0 Å². The third-order valence-corrected chi connectivity index (χ3v) is 2.85. The molecule has 3 heteroatoms. The standard InChI is InChI=1S/C12H19N3/c1-13-8-11-4-5-12(14-9-11)10-15-6-2-3-7-15/h4-5,9,13H,2-3,6-8,10H2,1H3. The van der Waals surface area contributed by atoms with Crippen LogP contribution in [0.3, 0.4) is 0 Å². The van der Waals surface area contributed by atoms with Crippen molar-refractivity contribution in [3.8, 4) is 0 Å². The Balaban J connectivity index is 1.91. The Morgan fingerprint density at radius 1 is 1.33 bits per heavy atom. The van der Waals surface area contributed by atoms with Crippen molar-refractivity contribution in [3.63, 3.8) is 0 Å². The van der Waals surface area contributed by atoms with Crippen molar-refractivity contribution in [1.82, 2.24) is 15.2 Å². The molecule has 0 atom stereocenters. The zero-order chi connectivity index (χ0) is 10.5. The monoisotopic (exact) mass is 205 g/mol. The lowest BCUT2D eigenvalue weighted by atomic mass is 10.2. The van der Waals surface area contributed by atoms with E-state index < -0.39 is 0 Å². The van der Waals surface area contributed by atoms with Gasteiger partial charge in [0.05, 0.1) is 5.69 Å². The molecule has 2 rings (SSSR count). The molecule has 0 aromatic carbocycles. The number of likely N-dealkylation sites (tertiary alicyclic amines) is 1. The first-order valence-electron chi connectivity index (χ1n) is 5.69. The van der Waals surface area contributed by atoms with Crippen LogP contribution in [0.5, 0.6) is 0 Å². The summed E-state index contributed by atoms with van der Waals surface area (Å²) in [5.74, 6) is 0. The van der Waals surface area contributed by atoms with Gasteiger partial charge in [-0.1, -0.05) is 6.07 Å². The largest absolute Gasteiger partial charge is 0.316 e. The summed E-state index contributed by atoms with van der Waals surface area (Å²) < 4.78 is 0. The van der Waals surface area contributed by atoms with Crippen LogP contribution in [0.25, 0.3) is 0 Å². The van der Waals surface area contributed by atoms with Crippen molar-refractivity contribution in [3.05, 3.63) is 29.6 Å². The molecule has 0 spiro atoms. The van der Waals surface area contributed by atoms with E-state index in [1.807, 2.05) is 13.2 Å². The van der Waals surface area contributed by atoms with Gasteiger partial charge >= 0.3 is 0 Å². The second-order valence-electron chi connectivity index (χ2n) is 4.17.